The number of pyridine rings is 1. The Morgan fingerprint density at radius 2 is 2.38 bits per heavy atom. The third kappa shape index (κ3) is 2.03. The standard InChI is InChI=1S/C11H12ClN3O/c1-14-10(9-3-2-4-16-9)8-5-7(12)6-15-11(8)13/h2-6,10,14H,1H3,(H2,13,15). The van der Waals surface area contributed by atoms with E-state index in [0.29, 0.717) is 10.8 Å². The number of nitrogen functional groups attached to an aromatic ring is 1. The molecule has 3 N–H and O–H groups in total. The normalized spacial score (nSPS) is 12.6. The van der Waals surface area contributed by atoms with Crippen LogP contribution in [-0.2, 0) is 0 Å². The molecule has 0 saturated carbocycles. The summed E-state index contributed by atoms with van der Waals surface area (Å²) in [6, 6.07) is 5.35. The summed E-state index contributed by atoms with van der Waals surface area (Å²) in [7, 11) is 1.83. The van der Waals surface area contributed by atoms with Gasteiger partial charge in [-0.2, -0.15) is 0 Å². The first kappa shape index (κ1) is 11.0. The second-order valence-corrected chi connectivity index (χ2v) is 3.80. The zero-order chi connectivity index (χ0) is 11.5. The van der Waals surface area contributed by atoms with Crippen molar-refractivity contribution < 1.29 is 4.42 Å². The molecule has 2 rings (SSSR count). The molecule has 2 heterocycles. The van der Waals surface area contributed by atoms with Crippen molar-refractivity contribution in [3.05, 3.63) is 47.0 Å². The van der Waals surface area contributed by atoms with E-state index in [1.165, 1.54) is 6.20 Å². The fourth-order valence-corrected chi connectivity index (χ4v) is 1.77. The molecule has 0 radical (unpaired) electrons. The molecule has 1 atom stereocenters. The lowest BCUT2D eigenvalue weighted by Gasteiger charge is -2.15. The highest BCUT2D eigenvalue weighted by Crippen LogP contribution is 2.27. The summed E-state index contributed by atoms with van der Waals surface area (Å²) in [6.07, 6.45) is 3.14. The van der Waals surface area contributed by atoms with Crippen molar-refractivity contribution >= 4 is 17.4 Å². The molecule has 0 aliphatic heterocycles. The summed E-state index contributed by atoms with van der Waals surface area (Å²) in [5.41, 5.74) is 6.63. The molecule has 0 amide bonds. The lowest BCUT2D eigenvalue weighted by Crippen LogP contribution is -2.19. The van der Waals surface area contributed by atoms with Crippen LogP contribution in [0.2, 0.25) is 5.02 Å². The van der Waals surface area contributed by atoms with Gasteiger partial charge in [-0.05, 0) is 25.2 Å². The van der Waals surface area contributed by atoms with Gasteiger partial charge in [0.1, 0.15) is 11.6 Å². The number of rotatable bonds is 3. The van der Waals surface area contributed by atoms with Gasteiger partial charge in [0.25, 0.3) is 0 Å². The van der Waals surface area contributed by atoms with Gasteiger partial charge in [-0.1, -0.05) is 11.6 Å². The van der Waals surface area contributed by atoms with Crippen molar-refractivity contribution in [3.63, 3.8) is 0 Å². The summed E-state index contributed by atoms with van der Waals surface area (Å²) in [6.45, 7) is 0. The van der Waals surface area contributed by atoms with Gasteiger partial charge < -0.3 is 15.5 Å². The van der Waals surface area contributed by atoms with Gasteiger partial charge >= 0.3 is 0 Å². The molecule has 0 fully saturated rings. The highest BCUT2D eigenvalue weighted by atomic mass is 35.5. The lowest BCUT2D eigenvalue weighted by molar-refractivity contribution is 0.463. The third-order valence-electron chi connectivity index (χ3n) is 2.34. The first-order valence-corrected chi connectivity index (χ1v) is 5.21. The maximum absolute atomic E-state index is 5.90. The molecular weight excluding hydrogens is 226 g/mol. The average molecular weight is 238 g/mol. The van der Waals surface area contributed by atoms with Crippen LogP contribution in [-0.4, -0.2) is 12.0 Å². The molecule has 0 saturated heterocycles. The highest BCUT2D eigenvalue weighted by Gasteiger charge is 2.18. The molecule has 1 unspecified atom stereocenters. The second-order valence-electron chi connectivity index (χ2n) is 3.37. The van der Waals surface area contributed by atoms with Crippen LogP contribution in [0.5, 0.6) is 0 Å². The van der Waals surface area contributed by atoms with Crippen LogP contribution in [0, 0.1) is 0 Å². The summed E-state index contributed by atoms with van der Waals surface area (Å²) in [5, 5.41) is 3.67. The van der Waals surface area contributed by atoms with Crippen LogP contribution in [0.3, 0.4) is 0 Å². The number of halogens is 1. The molecular formula is C11H12ClN3O. The van der Waals surface area contributed by atoms with E-state index >= 15 is 0 Å². The van der Waals surface area contributed by atoms with E-state index in [1.54, 1.807) is 12.3 Å². The third-order valence-corrected chi connectivity index (χ3v) is 2.55. The largest absolute Gasteiger partial charge is 0.467 e. The van der Waals surface area contributed by atoms with Crippen molar-refractivity contribution in [1.29, 1.82) is 0 Å². The van der Waals surface area contributed by atoms with Crippen LogP contribution in [0.25, 0.3) is 0 Å². The molecule has 4 nitrogen and oxygen atoms in total. The fraction of sp³-hybridized carbons (Fsp3) is 0.182. The molecule has 0 bridgehead atoms. The molecule has 0 aliphatic rings. The van der Waals surface area contributed by atoms with E-state index in [1.807, 2.05) is 19.2 Å². The van der Waals surface area contributed by atoms with Gasteiger partial charge in [-0.3, -0.25) is 0 Å². The Labute approximate surface area is 98.4 Å². The zero-order valence-electron chi connectivity index (χ0n) is 8.77. The number of anilines is 1. The van der Waals surface area contributed by atoms with E-state index in [-0.39, 0.29) is 6.04 Å². The van der Waals surface area contributed by atoms with Crippen LogP contribution >= 0.6 is 11.6 Å². The average Bonchev–Trinajstić information content (AvgIpc) is 2.78. The van der Waals surface area contributed by atoms with Gasteiger partial charge in [0.15, 0.2) is 0 Å². The van der Waals surface area contributed by atoms with Crippen molar-refractivity contribution in [1.82, 2.24) is 10.3 Å². The molecule has 16 heavy (non-hydrogen) atoms. The van der Waals surface area contributed by atoms with Crippen LogP contribution < -0.4 is 11.1 Å². The number of hydrogen-bond acceptors (Lipinski definition) is 4. The Bertz CT molecular complexity index is 470. The smallest absolute Gasteiger partial charge is 0.128 e. The van der Waals surface area contributed by atoms with Crippen molar-refractivity contribution in [2.24, 2.45) is 0 Å². The number of furan rings is 1. The SMILES string of the molecule is CNC(c1ccco1)c1cc(Cl)cnc1N. The van der Waals surface area contributed by atoms with E-state index in [4.69, 9.17) is 21.8 Å². The summed E-state index contributed by atoms with van der Waals surface area (Å²) in [5.74, 6) is 1.22. The molecule has 2 aromatic heterocycles. The Morgan fingerprint density at radius 1 is 1.56 bits per heavy atom. The van der Waals surface area contributed by atoms with Gasteiger partial charge in [0, 0.05) is 11.8 Å². The number of nitrogens with one attached hydrogen (secondary N) is 1. The Kier molecular flexibility index (Phi) is 3.12. The maximum atomic E-state index is 5.90. The number of nitrogens with two attached hydrogens (primary N) is 1. The minimum Gasteiger partial charge on any atom is -0.467 e. The quantitative estimate of drug-likeness (QED) is 0.859. The summed E-state index contributed by atoms with van der Waals surface area (Å²) in [4.78, 5) is 4.02. The van der Waals surface area contributed by atoms with E-state index < -0.39 is 0 Å². The first-order chi connectivity index (χ1) is 7.72. The Hall–Kier alpha value is -1.52. The van der Waals surface area contributed by atoms with Gasteiger partial charge in [0.05, 0.1) is 17.3 Å². The zero-order valence-corrected chi connectivity index (χ0v) is 9.53. The number of nitrogens with zero attached hydrogens (tertiary/aromatic N) is 1. The van der Waals surface area contributed by atoms with E-state index in [2.05, 4.69) is 10.3 Å². The maximum Gasteiger partial charge on any atom is 0.128 e. The van der Waals surface area contributed by atoms with E-state index in [0.717, 1.165) is 11.3 Å². The minimum atomic E-state index is -0.138. The van der Waals surface area contributed by atoms with Crippen molar-refractivity contribution in [2.75, 3.05) is 12.8 Å². The fourth-order valence-electron chi connectivity index (χ4n) is 1.60. The second kappa shape index (κ2) is 4.55. The first-order valence-electron chi connectivity index (χ1n) is 4.84. The molecule has 0 aromatic carbocycles. The molecule has 84 valence electrons. The van der Waals surface area contributed by atoms with Gasteiger partial charge in [-0.15, -0.1) is 0 Å². The van der Waals surface area contributed by atoms with Crippen LogP contribution in [0.4, 0.5) is 5.82 Å². The minimum absolute atomic E-state index is 0.138. The molecule has 0 aliphatic carbocycles. The molecule has 5 heteroatoms. The summed E-state index contributed by atoms with van der Waals surface area (Å²) < 4.78 is 5.35. The predicted molar refractivity (Wildman–Crippen MR) is 63.3 cm³/mol. The Balaban J connectivity index is 2.44. The van der Waals surface area contributed by atoms with Crippen molar-refractivity contribution in [2.45, 2.75) is 6.04 Å². The lowest BCUT2D eigenvalue weighted by atomic mass is 10.1. The monoisotopic (exact) mass is 237 g/mol. The van der Waals surface area contributed by atoms with Crippen LogP contribution in [0.15, 0.2) is 35.1 Å². The highest BCUT2D eigenvalue weighted by molar-refractivity contribution is 6.30. The van der Waals surface area contributed by atoms with Gasteiger partial charge in [-0.25, -0.2) is 4.98 Å². The predicted octanol–water partition coefficient (Wildman–Crippen LogP) is 2.22. The van der Waals surface area contributed by atoms with E-state index in [9.17, 15) is 0 Å². The molecule has 2 aromatic rings. The van der Waals surface area contributed by atoms with Crippen molar-refractivity contribution in [3.8, 4) is 0 Å². The number of aromatic nitrogens is 1. The summed E-state index contributed by atoms with van der Waals surface area (Å²) >= 11 is 5.90. The Morgan fingerprint density at radius 3 is 3.00 bits per heavy atom. The van der Waals surface area contributed by atoms with Gasteiger partial charge in [0.2, 0.25) is 0 Å². The van der Waals surface area contributed by atoms with Crippen LogP contribution in [0.1, 0.15) is 17.4 Å². The number of hydrogen-bond donors (Lipinski definition) is 2. The molecule has 0 spiro atoms. The topological polar surface area (TPSA) is 64.1 Å².